The average molecular weight is 293 g/mol. The van der Waals surface area contributed by atoms with Crippen LogP contribution in [0.3, 0.4) is 0 Å². The predicted octanol–water partition coefficient (Wildman–Crippen LogP) is 2.98. The van der Waals surface area contributed by atoms with Gasteiger partial charge in [0.15, 0.2) is 0 Å². The van der Waals surface area contributed by atoms with Crippen molar-refractivity contribution in [3.8, 4) is 0 Å². The summed E-state index contributed by atoms with van der Waals surface area (Å²) >= 11 is 0. The molecule has 0 unspecified atom stereocenters. The molecule has 0 saturated carbocycles. The number of unbranched alkanes of at least 4 members (excludes halogenated alkanes) is 1. The van der Waals surface area contributed by atoms with Crippen LogP contribution in [0, 0.1) is 10.1 Å². The molecule has 0 radical (unpaired) electrons. The Bertz CT molecular complexity index is 472. The van der Waals surface area contributed by atoms with Crippen LogP contribution >= 0.6 is 0 Å². The maximum atomic E-state index is 11.5. The molecule has 1 aromatic heterocycles. The second-order valence-corrected chi connectivity index (χ2v) is 5.33. The highest BCUT2D eigenvalue weighted by Gasteiger charge is 2.27. The fraction of sp³-hybridized carbons (Fsp3) is 0.714. The van der Waals surface area contributed by atoms with E-state index in [0.717, 1.165) is 38.8 Å². The van der Waals surface area contributed by atoms with Gasteiger partial charge in [0.25, 0.3) is 0 Å². The number of nitro groups is 1. The van der Waals surface area contributed by atoms with Gasteiger partial charge in [-0.05, 0) is 19.3 Å². The molecule has 0 aliphatic carbocycles. The molecule has 0 bridgehead atoms. The van der Waals surface area contributed by atoms with Crippen LogP contribution in [0.1, 0.15) is 45.4 Å². The van der Waals surface area contributed by atoms with Gasteiger partial charge in [0.05, 0.1) is 4.92 Å². The molecule has 1 fully saturated rings. The van der Waals surface area contributed by atoms with Gasteiger partial charge in [-0.1, -0.05) is 26.2 Å². The van der Waals surface area contributed by atoms with E-state index in [0.29, 0.717) is 18.2 Å². The molecule has 1 aliphatic rings. The van der Waals surface area contributed by atoms with Crippen molar-refractivity contribution in [1.29, 1.82) is 0 Å². The van der Waals surface area contributed by atoms with E-state index in [1.165, 1.54) is 19.2 Å². The van der Waals surface area contributed by atoms with Crippen molar-refractivity contribution in [1.82, 2.24) is 9.97 Å². The third-order valence-corrected chi connectivity index (χ3v) is 3.71. The number of anilines is 2. The molecule has 0 spiro atoms. The zero-order valence-electron chi connectivity index (χ0n) is 12.5. The number of hydrogen-bond donors (Lipinski definition) is 1. The summed E-state index contributed by atoms with van der Waals surface area (Å²) in [5.74, 6) is 0.790. The highest BCUT2D eigenvalue weighted by atomic mass is 16.6. The van der Waals surface area contributed by atoms with Crippen LogP contribution < -0.4 is 10.2 Å². The fourth-order valence-corrected chi connectivity index (χ4v) is 2.56. The Morgan fingerprint density at radius 3 is 2.62 bits per heavy atom. The van der Waals surface area contributed by atoms with Crippen molar-refractivity contribution in [2.75, 3.05) is 29.9 Å². The minimum Gasteiger partial charge on any atom is -0.364 e. The van der Waals surface area contributed by atoms with Crippen molar-refractivity contribution in [2.45, 2.75) is 45.4 Å². The Labute approximate surface area is 124 Å². The first-order valence-electron chi connectivity index (χ1n) is 7.72. The van der Waals surface area contributed by atoms with E-state index in [1.807, 2.05) is 4.90 Å². The summed E-state index contributed by atoms with van der Waals surface area (Å²) < 4.78 is 0. The summed E-state index contributed by atoms with van der Waals surface area (Å²) in [7, 11) is 0. The highest BCUT2D eigenvalue weighted by Crippen LogP contribution is 2.32. The lowest BCUT2D eigenvalue weighted by molar-refractivity contribution is -0.383. The first kappa shape index (κ1) is 15.5. The number of rotatable bonds is 6. The Hall–Kier alpha value is -1.92. The van der Waals surface area contributed by atoms with Crippen molar-refractivity contribution in [3.63, 3.8) is 0 Å². The molecule has 0 amide bonds. The molecular weight excluding hydrogens is 270 g/mol. The van der Waals surface area contributed by atoms with Crippen molar-refractivity contribution in [3.05, 3.63) is 16.4 Å². The third kappa shape index (κ3) is 4.03. The molecule has 2 heterocycles. The van der Waals surface area contributed by atoms with Gasteiger partial charge in [0.2, 0.25) is 11.6 Å². The van der Waals surface area contributed by atoms with E-state index in [-0.39, 0.29) is 10.6 Å². The summed E-state index contributed by atoms with van der Waals surface area (Å²) in [4.78, 5) is 21.4. The number of aromatic nitrogens is 2. The third-order valence-electron chi connectivity index (χ3n) is 3.71. The molecule has 21 heavy (non-hydrogen) atoms. The van der Waals surface area contributed by atoms with E-state index >= 15 is 0 Å². The van der Waals surface area contributed by atoms with E-state index in [1.54, 1.807) is 0 Å². The lowest BCUT2D eigenvalue weighted by Crippen LogP contribution is -2.26. The molecule has 1 N–H and O–H groups in total. The van der Waals surface area contributed by atoms with Crippen LogP contribution in [0.25, 0.3) is 0 Å². The molecule has 116 valence electrons. The van der Waals surface area contributed by atoms with Gasteiger partial charge in [0, 0.05) is 19.6 Å². The first-order chi connectivity index (χ1) is 10.2. The Morgan fingerprint density at radius 2 is 2.00 bits per heavy atom. The van der Waals surface area contributed by atoms with Crippen LogP contribution in [-0.4, -0.2) is 34.5 Å². The molecule has 1 aromatic rings. The van der Waals surface area contributed by atoms with E-state index < -0.39 is 0 Å². The zero-order valence-corrected chi connectivity index (χ0v) is 12.5. The van der Waals surface area contributed by atoms with Crippen molar-refractivity contribution in [2.24, 2.45) is 0 Å². The molecule has 2 rings (SSSR count). The summed E-state index contributed by atoms with van der Waals surface area (Å²) in [6, 6.07) is 0. The van der Waals surface area contributed by atoms with Gasteiger partial charge >= 0.3 is 5.69 Å². The first-order valence-corrected chi connectivity index (χ1v) is 7.72. The minimum atomic E-state index is -0.367. The summed E-state index contributed by atoms with van der Waals surface area (Å²) in [5.41, 5.74) is 0.00973. The molecule has 0 atom stereocenters. The van der Waals surface area contributed by atoms with E-state index in [4.69, 9.17) is 0 Å². The average Bonchev–Trinajstić information content (AvgIpc) is 2.76. The lowest BCUT2D eigenvalue weighted by Gasteiger charge is -2.21. The van der Waals surface area contributed by atoms with Gasteiger partial charge in [-0.25, -0.2) is 9.97 Å². The van der Waals surface area contributed by atoms with Gasteiger partial charge in [-0.15, -0.1) is 0 Å². The van der Waals surface area contributed by atoms with E-state index in [2.05, 4.69) is 22.2 Å². The molecule has 1 saturated heterocycles. The standard InChI is InChI=1S/C14H23N5O2/c1-2-3-8-15-13-12(19(20)21)14(17-11-16-13)18-9-6-4-5-7-10-18/h11H,2-10H2,1H3,(H,15,16,17). The summed E-state index contributed by atoms with van der Waals surface area (Å²) in [5, 5.41) is 14.5. The summed E-state index contributed by atoms with van der Waals surface area (Å²) in [6.45, 7) is 4.42. The molecule has 7 heteroatoms. The van der Waals surface area contributed by atoms with Crippen molar-refractivity contribution < 1.29 is 4.92 Å². The quantitative estimate of drug-likeness (QED) is 0.493. The second-order valence-electron chi connectivity index (χ2n) is 5.33. The van der Waals surface area contributed by atoms with Crippen molar-refractivity contribution >= 4 is 17.3 Å². The molecule has 7 nitrogen and oxygen atoms in total. The zero-order chi connectivity index (χ0) is 15.1. The second kappa shape index (κ2) is 7.75. The molecular formula is C14H23N5O2. The Kier molecular flexibility index (Phi) is 5.71. The van der Waals surface area contributed by atoms with Crippen LogP contribution in [0.2, 0.25) is 0 Å². The molecule has 1 aliphatic heterocycles. The number of nitrogens with one attached hydrogen (secondary N) is 1. The topological polar surface area (TPSA) is 84.2 Å². The van der Waals surface area contributed by atoms with Gasteiger partial charge in [-0.3, -0.25) is 10.1 Å². The summed E-state index contributed by atoms with van der Waals surface area (Å²) in [6.07, 6.45) is 7.88. The smallest absolute Gasteiger partial charge is 0.353 e. The van der Waals surface area contributed by atoms with Gasteiger partial charge in [-0.2, -0.15) is 0 Å². The van der Waals surface area contributed by atoms with Gasteiger partial charge in [0.1, 0.15) is 6.33 Å². The van der Waals surface area contributed by atoms with Crippen LogP contribution in [-0.2, 0) is 0 Å². The largest absolute Gasteiger partial charge is 0.364 e. The normalized spacial score (nSPS) is 15.6. The van der Waals surface area contributed by atoms with Gasteiger partial charge < -0.3 is 10.2 Å². The number of nitrogens with zero attached hydrogens (tertiary/aromatic N) is 4. The Balaban J connectivity index is 2.26. The van der Waals surface area contributed by atoms with Crippen LogP contribution in [0.5, 0.6) is 0 Å². The maximum absolute atomic E-state index is 11.5. The fourth-order valence-electron chi connectivity index (χ4n) is 2.56. The SMILES string of the molecule is CCCCNc1ncnc(N2CCCCCC2)c1[N+](=O)[O-]. The monoisotopic (exact) mass is 293 g/mol. The molecule has 0 aromatic carbocycles. The van der Waals surface area contributed by atoms with Crippen LogP contribution in [0.15, 0.2) is 6.33 Å². The minimum absolute atomic E-state index is 0.00973. The Morgan fingerprint density at radius 1 is 1.29 bits per heavy atom. The number of hydrogen-bond acceptors (Lipinski definition) is 6. The maximum Gasteiger partial charge on any atom is 0.353 e. The highest BCUT2D eigenvalue weighted by molar-refractivity contribution is 5.70. The van der Waals surface area contributed by atoms with E-state index in [9.17, 15) is 10.1 Å². The predicted molar refractivity (Wildman–Crippen MR) is 82.8 cm³/mol. The van der Waals surface area contributed by atoms with Crippen LogP contribution in [0.4, 0.5) is 17.3 Å². The lowest BCUT2D eigenvalue weighted by atomic mass is 10.2.